The number of rotatable bonds is 4. The van der Waals surface area contributed by atoms with E-state index >= 15 is 0 Å². The number of H-pyrrole nitrogens is 1. The van der Waals surface area contributed by atoms with Crippen molar-refractivity contribution >= 4 is 23.6 Å². The highest BCUT2D eigenvalue weighted by atomic mass is 16.3. The third-order valence-electron chi connectivity index (χ3n) is 7.77. The second-order valence-corrected chi connectivity index (χ2v) is 11.1. The van der Waals surface area contributed by atoms with Gasteiger partial charge in [0.15, 0.2) is 0 Å². The number of carbonyl (C=O) groups excluding carboxylic acids is 1. The summed E-state index contributed by atoms with van der Waals surface area (Å²) in [6.45, 7) is 8.03. The van der Waals surface area contributed by atoms with Crippen LogP contribution in [0.2, 0.25) is 0 Å². The van der Waals surface area contributed by atoms with Crippen LogP contribution in [0.25, 0.3) is 17.7 Å². The first-order chi connectivity index (χ1) is 17.0. The lowest BCUT2D eigenvalue weighted by molar-refractivity contribution is 0.0800. The molecule has 0 atom stereocenters. The van der Waals surface area contributed by atoms with Crippen molar-refractivity contribution in [2.45, 2.75) is 70.8 Å². The molecule has 1 aromatic carbocycles. The van der Waals surface area contributed by atoms with Crippen LogP contribution in [0.3, 0.4) is 0 Å². The number of likely N-dealkylation sites (tertiary alicyclic amines) is 1. The zero-order valence-corrected chi connectivity index (χ0v) is 21.3. The summed E-state index contributed by atoms with van der Waals surface area (Å²) in [5.74, 6) is -0.00639. The van der Waals surface area contributed by atoms with Gasteiger partial charge in [0.05, 0.1) is 6.61 Å². The molecule has 1 fully saturated rings. The van der Waals surface area contributed by atoms with Crippen molar-refractivity contribution in [1.82, 2.24) is 14.8 Å². The number of nitrogens with one attached hydrogen (secondary N) is 1. The van der Waals surface area contributed by atoms with Gasteiger partial charge in [0.1, 0.15) is 0 Å². The summed E-state index contributed by atoms with van der Waals surface area (Å²) in [6.07, 6.45) is 15.0. The topological polar surface area (TPSA) is 59.6 Å². The molecular formula is C30H39N3O2. The molecule has 186 valence electrons. The molecule has 2 aromatic rings. The Kier molecular flexibility index (Phi) is 6.99. The largest absolute Gasteiger partial charge is 0.392 e. The number of benzene rings is 1. The molecule has 1 aromatic heterocycles. The summed E-state index contributed by atoms with van der Waals surface area (Å²) in [7, 11) is 0. The van der Waals surface area contributed by atoms with Gasteiger partial charge in [-0.3, -0.25) is 9.69 Å². The van der Waals surface area contributed by atoms with Crippen LogP contribution in [-0.4, -0.2) is 52.0 Å². The van der Waals surface area contributed by atoms with Crippen molar-refractivity contribution < 1.29 is 9.90 Å². The highest BCUT2D eigenvalue weighted by molar-refractivity contribution is 5.96. The SMILES string of the molecule is CC1(C)CN(C(=O)c2cccc(CN3CCCCCCC3)c2)C=C(CO)c2[nH]c3c(c21)=CCCC=3. The summed E-state index contributed by atoms with van der Waals surface area (Å²) in [5, 5.41) is 12.7. The molecule has 1 aliphatic carbocycles. The lowest BCUT2D eigenvalue weighted by atomic mass is 9.82. The van der Waals surface area contributed by atoms with Crippen molar-refractivity contribution in [3.63, 3.8) is 0 Å². The van der Waals surface area contributed by atoms with E-state index in [-0.39, 0.29) is 17.9 Å². The standard InChI is InChI=1S/C30H39N3O2/c1-30(2)21-33(19-24(20-34)28-27(30)25-13-6-7-14-26(25)31-28)29(35)23-12-10-11-22(17-23)18-32-15-8-4-3-5-9-16-32/h10-14,17,19,31,34H,3-9,15-16,18,20-21H2,1-2H3. The zero-order valence-electron chi connectivity index (χ0n) is 21.3. The minimum absolute atomic E-state index is 0.00639. The summed E-state index contributed by atoms with van der Waals surface area (Å²) in [4.78, 5) is 21.7. The van der Waals surface area contributed by atoms with E-state index in [1.165, 1.54) is 48.4 Å². The number of fused-ring (bicyclic) bond motifs is 3. The first-order valence-electron chi connectivity index (χ1n) is 13.3. The van der Waals surface area contributed by atoms with E-state index in [1.807, 2.05) is 23.2 Å². The average molecular weight is 474 g/mol. The van der Waals surface area contributed by atoms with Crippen molar-refractivity contribution in [2.75, 3.05) is 26.2 Å². The van der Waals surface area contributed by atoms with Gasteiger partial charge < -0.3 is 15.0 Å². The Morgan fingerprint density at radius 3 is 2.57 bits per heavy atom. The maximum Gasteiger partial charge on any atom is 0.257 e. The van der Waals surface area contributed by atoms with Crippen molar-refractivity contribution in [3.05, 3.63) is 63.4 Å². The Labute approximate surface area is 208 Å². The van der Waals surface area contributed by atoms with Gasteiger partial charge in [0.2, 0.25) is 0 Å². The molecule has 5 nitrogen and oxygen atoms in total. The third kappa shape index (κ3) is 5.03. The third-order valence-corrected chi connectivity index (χ3v) is 7.77. The number of nitrogens with zero attached hydrogens (tertiary/aromatic N) is 2. The Hall–Kier alpha value is -2.63. The molecule has 2 N–H and O–H groups in total. The molecule has 0 spiro atoms. The molecule has 0 saturated carbocycles. The van der Waals surface area contributed by atoms with Crippen LogP contribution in [0.15, 0.2) is 30.5 Å². The van der Waals surface area contributed by atoms with Gasteiger partial charge in [0.25, 0.3) is 5.91 Å². The fraction of sp³-hybridized carbons (Fsp3) is 0.500. The van der Waals surface area contributed by atoms with Gasteiger partial charge in [-0.05, 0) is 67.3 Å². The number of hydrogen-bond donors (Lipinski definition) is 2. The van der Waals surface area contributed by atoms with Gasteiger partial charge in [-0.2, -0.15) is 0 Å². The van der Waals surface area contributed by atoms with Crippen LogP contribution >= 0.6 is 0 Å². The van der Waals surface area contributed by atoms with Crippen LogP contribution in [0.5, 0.6) is 0 Å². The Bertz CT molecular complexity index is 1230. The van der Waals surface area contributed by atoms with Crippen LogP contribution in [0.1, 0.15) is 86.0 Å². The van der Waals surface area contributed by atoms with Crippen LogP contribution < -0.4 is 10.6 Å². The number of aliphatic hydroxyl groups is 1. The summed E-state index contributed by atoms with van der Waals surface area (Å²) in [5.41, 5.74) is 4.61. The highest BCUT2D eigenvalue weighted by Crippen LogP contribution is 2.32. The molecule has 5 heteroatoms. The van der Waals surface area contributed by atoms with Gasteiger partial charge >= 0.3 is 0 Å². The summed E-state index contributed by atoms with van der Waals surface area (Å²) < 4.78 is 0. The maximum atomic E-state index is 13.8. The molecule has 0 bridgehead atoms. The summed E-state index contributed by atoms with van der Waals surface area (Å²) >= 11 is 0. The van der Waals surface area contributed by atoms with Gasteiger partial charge in [-0.1, -0.05) is 57.4 Å². The smallest absolute Gasteiger partial charge is 0.257 e. The molecule has 5 rings (SSSR count). The molecular weight excluding hydrogens is 434 g/mol. The fourth-order valence-corrected chi connectivity index (χ4v) is 6.06. The molecule has 1 saturated heterocycles. The molecule has 0 radical (unpaired) electrons. The number of aromatic nitrogens is 1. The number of hydrogen-bond acceptors (Lipinski definition) is 3. The van der Waals surface area contributed by atoms with Crippen LogP contribution in [-0.2, 0) is 12.0 Å². The Morgan fingerprint density at radius 1 is 1.06 bits per heavy atom. The van der Waals surface area contributed by atoms with Crippen LogP contribution in [0.4, 0.5) is 0 Å². The molecule has 1 amide bonds. The number of amides is 1. The lowest BCUT2D eigenvalue weighted by Gasteiger charge is -2.30. The van der Waals surface area contributed by atoms with Crippen LogP contribution in [0, 0.1) is 0 Å². The first-order valence-corrected chi connectivity index (χ1v) is 13.3. The van der Waals surface area contributed by atoms with E-state index in [9.17, 15) is 9.90 Å². The number of aliphatic hydroxyl groups excluding tert-OH is 1. The minimum Gasteiger partial charge on any atom is -0.392 e. The van der Waals surface area contributed by atoms with Crippen molar-refractivity contribution in [3.8, 4) is 0 Å². The predicted octanol–water partition coefficient (Wildman–Crippen LogP) is 3.90. The molecule has 3 heterocycles. The molecule has 2 aliphatic heterocycles. The highest BCUT2D eigenvalue weighted by Gasteiger charge is 2.35. The second-order valence-electron chi connectivity index (χ2n) is 11.1. The van der Waals surface area contributed by atoms with E-state index < -0.39 is 0 Å². The van der Waals surface area contributed by atoms with E-state index in [1.54, 1.807) is 0 Å². The Morgan fingerprint density at radius 2 is 1.80 bits per heavy atom. The maximum absolute atomic E-state index is 13.8. The molecule has 3 aliphatic rings. The normalized spacial score (nSPS) is 20.3. The monoisotopic (exact) mass is 473 g/mol. The molecule has 35 heavy (non-hydrogen) atoms. The second kappa shape index (κ2) is 10.2. The minimum atomic E-state index is -0.258. The fourth-order valence-electron chi connectivity index (χ4n) is 6.06. The van der Waals surface area contributed by atoms with Crippen molar-refractivity contribution in [2.24, 2.45) is 0 Å². The molecule has 0 unspecified atom stereocenters. The zero-order chi connectivity index (χ0) is 24.4. The number of aromatic amines is 1. The van der Waals surface area contributed by atoms with E-state index in [0.717, 1.165) is 49.1 Å². The number of carbonyl (C=O) groups is 1. The van der Waals surface area contributed by atoms with Gasteiger partial charge in [-0.25, -0.2) is 0 Å². The average Bonchev–Trinajstić information content (AvgIpc) is 3.18. The van der Waals surface area contributed by atoms with Gasteiger partial charge in [0, 0.05) is 46.9 Å². The first kappa shape index (κ1) is 24.1. The quantitative estimate of drug-likeness (QED) is 0.708. The van der Waals surface area contributed by atoms with E-state index in [0.29, 0.717) is 12.1 Å². The van der Waals surface area contributed by atoms with Gasteiger partial charge in [-0.15, -0.1) is 0 Å². The van der Waals surface area contributed by atoms with Crippen molar-refractivity contribution in [1.29, 1.82) is 0 Å². The predicted molar refractivity (Wildman–Crippen MR) is 142 cm³/mol. The van der Waals surface area contributed by atoms with E-state index in [2.05, 4.69) is 48.0 Å². The lowest BCUT2D eigenvalue weighted by Crippen LogP contribution is -2.41. The van der Waals surface area contributed by atoms with E-state index in [4.69, 9.17) is 0 Å². The Balaban J connectivity index is 1.43. The summed E-state index contributed by atoms with van der Waals surface area (Å²) in [6, 6.07) is 8.14.